The van der Waals surface area contributed by atoms with Gasteiger partial charge in [-0.25, -0.2) is 4.68 Å². The number of amides is 2. The third-order valence-corrected chi connectivity index (χ3v) is 5.38. The fraction of sp³-hybridized carbons (Fsp3) is 0.292. The molecule has 0 radical (unpaired) electrons. The number of anilines is 1. The molecule has 2 aromatic carbocycles. The van der Waals surface area contributed by atoms with Crippen molar-refractivity contribution in [2.75, 3.05) is 5.32 Å². The molecule has 31 heavy (non-hydrogen) atoms. The highest BCUT2D eigenvalue weighted by molar-refractivity contribution is 9.10. The van der Waals surface area contributed by atoms with Crippen LogP contribution in [0.4, 0.5) is 5.69 Å². The van der Waals surface area contributed by atoms with E-state index in [1.54, 1.807) is 4.68 Å². The van der Waals surface area contributed by atoms with Gasteiger partial charge in [0.1, 0.15) is 0 Å². The Hall–Kier alpha value is -2.93. The van der Waals surface area contributed by atoms with E-state index in [1.807, 2.05) is 76.2 Å². The number of aromatic nitrogens is 2. The minimum absolute atomic E-state index is 0.0113. The number of hydrogen-bond donors (Lipinski definition) is 2. The summed E-state index contributed by atoms with van der Waals surface area (Å²) < 4.78 is 2.76. The monoisotopic (exact) mass is 482 g/mol. The van der Waals surface area contributed by atoms with Crippen LogP contribution in [0.3, 0.4) is 0 Å². The molecule has 0 atom stereocenters. The van der Waals surface area contributed by atoms with Gasteiger partial charge in [0.15, 0.2) is 0 Å². The van der Waals surface area contributed by atoms with Crippen LogP contribution in [0.2, 0.25) is 0 Å². The van der Waals surface area contributed by atoms with Crippen LogP contribution in [0.15, 0.2) is 53.0 Å². The summed E-state index contributed by atoms with van der Waals surface area (Å²) >= 11 is 3.43. The van der Waals surface area contributed by atoms with Crippen LogP contribution in [0.5, 0.6) is 0 Å². The lowest BCUT2D eigenvalue weighted by molar-refractivity contribution is -0.116. The molecule has 0 aliphatic carbocycles. The van der Waals surface area contributed by atoms with Crippen LogP contribution in [-0.2, 0) is 11.3 Å². The van der Waals surface area contributed by atoms with Crippen molar-refractivity contribution in [2.24, 2.45) is 5.92 Å². The summed E-state index contributed by atoms with van der Waals surface area (Å²) in [6.45, 7) is 8.10. The van der Waals surface area contributed by atoms with Gasteiger partial charge in [-0.3, -0.25) is 9.59 Å². The molecule has 3 aromatic rings. The quantitative estimate of drug-likeness (QED) is 0.487. The number of carbonyl (C=O) groups excluding carboxylic acids is 2. The molecule has 3 rings (SSSR count). The molecular formula is C24H27BrN4O2. The van der Waals surface area contributed by atoms with Gasteiger partial charge in [0.2, 0.25) is 5.91 Å². The third kappa shape index (κ3) is 5.82. The topological polar surface area (TPSA) is 76.0 Å². The Morgan fingerprint density at radius 1 is 1.10 bits per heavy atom. The second-order valence-corrected chi connectivity index (χ2v) is 8.88. The zero-order chi connectivity index (χ0) is 22.5. The van der Waals surface area contributed by atoms with Crippen molar-refractivity contribution >= 4 is 33.4 Å². The highest BCUT2D eigenvalue weighted by Gasteiger charge is 2.19. The van der Waals surface area contributed by atoms with Crippen molar-refractivity contribution < 1.29 is 9.59 Å². The van der Waals surface area contributed by atoms with Gasteiger partial charge in [0.25, 0.3) is 5.91 Å². The van der Waals surface area contributed by atoms with Crippen molar-refractivity contribution in [1.82, 2.24) is 15.1 Å². The molecule has 0 spiro atoms. The van der Waals surface area contributed by atoms with Gasteiger partial charge >= 0.3 is 0 Å². The normalized spacial score (nSPS) is 10.9. The Labute approximate surface area is 191 Å². The minimum Gasteiger partial charge on any atom is -0.348 e. The maximum atomic E-state index is 12.9. The molecule has 7 heteroatoms. The van der Waals surface area contributed by atoms with Gasteiger partial charge in [0.05, 0.1) is 22.6 Å². The molecule has 2 amide bonds. The average molecular weight is 483 g/mol. The lowest BCUT2D eigenvalue weighted by Crippen LogP contribution is -2.24. The minimum atomic E-state index is -0.174. The van der Waals surface area contributed by atoms with Gasteiger partial charge in [-0.2, -0.15) is 5.10 Å². The number of halogens is 1. The van der Waals surface area contributed by atoms with Crippen molar-refractivity contribution in [3.8, 4) is 5.69 Å². The highest BCUT2D eigenvalue weighted by Crippen LogP contribution is 2.20. The molecule has 6 nitrogen and oxygen atoms in total. The lowest BCUT2D eigenvalue weighted by Gasteiger charge is -2.10. The van der Waals surface area contributed by atoms with Crippen LogP contribution < -0.4 is 10.6 Å². The van der Waals surface area contributed by atoms with Crippen LogP contribution >= 0.6 is 15.9 Å². The van der Waals surface area contributed by atoms with Gasteiger partial charge in [-0.1, -0.05) is 41.9 Å². The highest BCUT2D eigenvalue weighted by atomic mass is 79.9. The van der Waals surface area contributed by atoms with Gasteiger partial charge in [-0.05, 0) is 61.7 Å². The summed E-state index contributed by atoms with van der Waals surface area (Å²) in [5.41, 5.74) is 4.57. The average Bonchev–Trinajstić information content (AvgIpc) is 3.00. The summed E-state index contributed by atoms with van der Waals surface area (Å²) in [4.78, 5) is 24.9. The Bertz CT molecular complexity index is 1090. The number of nitrogens with one attached hydrogen (secondary N) is 2. The summed E-state index contributed by atoms with van der Waals surface area (Å²) in [6, 6.07) is 15.3. The molecule has 1 aromatic heterocycles. The second-order valence-electron chi connectivity index (χ2n) is 7.96. The van der Waals surface area contributed by atoms with Crippen LogP contribution in [0.25, 0.3) is 5.69 Å². The number of rotatable bonds is 7. The zero-order valence-electron chi connectivity index (χ0n) is 18.2. The first kappa shape index (κ1) is 22.7. The smallest absolute Gasteiger partial charge is 0.255 e. The first-order chi connectivity index (χ1) is 14.7. The Kier molecular flexibility index (Phi) is 7.28. The summed E-state index contributed by atoms with van der Waals surface area (Å²) in [5, 5.41) is 10.4. The summed E-state index contributed by atoms with van der Waals surface area (Å²) in [7, 11) is 0. The van der Waals surface area contributed by atoms with E-state index in [0.29, 0.717) is 30.1 Å². The predicted octanol–water partition coefficient (Wildman–Crippen LogP) is 5.17. The van der Waals surface area contributed by atoms with E-state index in [1.165, 1.54) is 0 Å². The Morgan fingerprint density at radius 3 is 2.48 bits per heavy atom. The van der Waals surface area contributed by atoms with E-state index in [2.05, 4.69) is 31.7 Å². The fourth-order valence-corrected chi connectivity index (χ4v) is 3.68. The standard InChI is InChI=1S/C24H27BrN4O2/c1-15(2)12-22(30)27-20-7-5-6-18(13-20)14-26-24(31)23-16(3)28-29(17(23)4)21-10-8-19(25)9-11-21/h5-11,13,15H,12,14H2,1-4H3,(H,26,31)(H,27,30). The van der Waals surface area contributed by atoms with Gasteiger partial charge in [-0.15, -0.1) is 0 Å². The number of hydrogen-bond acceptors (Lipinski definition) is 3. The summed E-state index contributed by atoms with van der Waals surface area (Å²) in [6.07, 6.45) is 0.474. The maximum Gasteiger partial charge on any atom is 0.255 e. The van der Waals surface area contributed by atoms with E-state index >= 15 is 0 Å². The molecule has 2 N–H and O–H groups in total. The van der Waals surface area contributed by atoms with Gasteiger partial charge in [0, 0.05) is 23.1 Å². The van der Waals surface area contributed by atoms with E-state index < -0.39 is 0 Å². The van der Waals surface area contributed by atoms with E-state index in [0.717, 1.165) is 27.1 Å². The van der Waals surface area contributed by atoms with Crippen LogP contribution in [0, 0.1) is 19.8 Å². The third-order valence-electron chi connectivity index (χ3n) is 4.85. The van der Waals surface area contributed by atoms with E-state index in [-0.39, 0.29) is 11.8 Å². The number of carbonyl (C=O) groups is 2. The second kappa shape index (κ2) is 9.92. The predicted molar refractivity (Wildman–Crippen MR) is 126 cm³/mol. The summed E-state index contributed by atoms with van der Waals surface area (Å²) in [5.74, 6) is 0.114. The molecule has 0 bridgehead atoms. The molecule has 0 fully saturated rings. The molecule has 0 aliphatic heterocycles. The van der Waals surface area contributed by atoms with E-state index in [9.17, 15) is 9.59 Å². The first-order valence-electron chi connectivity index (χ1n) is 10.2. The lowest BCUT2D eigenvalue weighted by atomic mass is 10.1. The molecule has 0 aliphatic rings. The van der Waals surface area contributed by atoms with Crippen molar-refractivity contribution in [1.29, 1.82) is 0 Å². The number of benzene rings is 2. The van der Waals surface area contributed by atoms with Crippen molar-refractivity contribution in [3.05, 3.63) is 75.5 Å². The van der Waals surface area contributed by atoms with E-state index in [4.69, 9.17) is 0 Å². The largest absolute Gasteiger partial charge is 0.348 e. The SMILES string of the molecule is Cc1nn(-c2ccc(Br)cc2)c(C)c1C(=O)NCc1cccc(NC(=O)CC(C)C)c1. The molecular weight excluding hydrogens is 456 g/mol. The molecule has 162 valence electrons. The van der Waals surface area contributed by atoms with Crippen molar-refractivity contribution in [2.45, 2.75) is 40.7 Å². The molecule has 0 saturated carbocycles. The maximum absolute atomic E-state index is 12.9. The number of nitrogens with zero attached hydrogens (tertiary/aromatic N) is 2. The Morgan fingerprint density at radius 2 is 1.81 bits per heavy atom. The number of aryl methyl sites for hydroxylation is 1. The fourth-order valence-electron chi connectivity index (χ4n) is 3.42. The Balaban J connectivity index is 1.69. The zero-order valence-corrected chi connectivity index (χ0v) is 19.8. The molecule has 0 saturated heterocycles. The first-order valence-corrected chi connectivity index (χ1v) is 11.0. The van der Waals surface area contributed by atoms with Gasteiger partial charge < -0.3 is 10.6 Å². The molecule has 1 heterocycles. The molecule has 0 unspecified atom stereocenters. The van der Waals surface area contributed by atoms with Crippen LogP contribution in [0.1, 0.15) is 47.6 Å². The van der Waals surface area contributed by atoms with Crippen molar-refractivity contribution in [3.63, 3.8) is 0 Å². The van der Waals surface area contributed by atoms with Crippen LogP contribution in [-0.4, -0.2) is 21.6 Å².